The maximum absolute atomic E-state index is 2.53. The van der Waals surface area contributed by atoms with Gasteiger partial charge in [0.15, 0.2) is 0 Å². The van der Waals surface area contributed by atoms with Crippen molar-refractivity contribution in [3.63, 3.8) is 0 Å². The Morgan fingerprint density at radius 1 is 0.400 bits per heavy atom. The molecule has 268 valence electrons. The number of aryl methyl sites for hydroxylation is 1. The van der Waals surface area contributed by atoms with Crippen molar-refractivity contribution < 1.29 is 0 Å². The lowest BCUT2D eigenvalue weighted by molar-refractivity contribution is 0.590. The van der Waals surface area contributed by atoms with Crippen molar-refractivity contribution >= 4 is 76.7 Å². The van der Waals surface area contributed by atoms with Crippen LogP contribution in [0.25, 0.3) is 70.8 Å². The second-order valence-corrected chi connectivity index (χ2v) is 17.7. The molecule has 10 aromatic rings. The fraction of sp³-hybridized carbons (Fsp3) is 0.170. The highest BCUT2D eigenvalue weighted by Crippen LogP contribution is 2.45. The monoisotopic (exact) mass is 710 g/mol. The fourth-order valence-corrected chi connectivity index (χ4v) is 8.74. The van der Waals surface area contributed by atoms with Crippen LogP contribution in [0.4, 0.5) is 17.1 Å². The second kappa shape index (κ2) is 11.9. The summed E-state index contributed by atoms with van der Waals surface area (Å²) in [7, 11) is 0. The molecule has 0 atom stereocenters. The lowest BCUT2D eigenvalue weighted by atomic mass is 9.86. The minimum atomic E-state index is 0.0830. The minimum Gasteiger partial charge on any atom is -0.310 e. The van der Waals surface area contributed by atoms with Gasteiger partial charge in [-0.1, -0.05) is 126 Å². The summed E-state index contributed by atoms with van der Waals surface area (Å²) in [6.07, 6.45) is 0. The molecule has 0 saturated heterocycles. The summed E-state index contributed by atoms with van der Waals surface area (Å²) >= 11 is 0. The van der Waals surface area contributed by atoms with E-state index in [0.29, 0.717) is 0 Å². The number of benzene rings is 8. The number of hydrogen-bond acceptors (Lipinski definition) is 1. The maximum Gasteiger partial charge on any atom is 0.0620 e. The molecule has 8 aromatic carbocycles. The first-order valence-electron chi connectivity index (χ1n) is 19.6. The Hall–Kier alpha value is -6.12. The molecule has 2 nitrogen and oxygen atoms in total. The normalized spacial score (nSPS) is 12.6. The summed E-state index contributed by atoms with van der Waals surface area (Å²) < 4.78 is 2.53. The first kappa shape index (κ1) is 33.4. The SMILES string of the molecule is Cc1ccc2cc3c4cc(-c5ccccc5)cc5c6cc7ccc(N(c8ccc(C(C)(C)C)cc8)c8ccc(C(C)(C)C)cc8)cc7cc6n(c3cc2c1)c45. The summed E-state index contributed by atoms with van der Waals surface area (Å²) in [5, 5.41) is 10.2. The molecule has 0 bridgehead atoms. The first-order chi connectivity index (χ1) is 26.4. The molecule has 0 aliphatic rings. The van der Waals surface area contributed by atoms with Crippen molar-refractivity contribution in [3.05, 3.63) is 168 Å². The van der Waals surface area contributed by atoms with E-state index in [1.807, 2.05) is 0 Å². The molecule has 0 aliphatic carbocycles. The van der Waals surface area contributed by atoms with Gasteiger partial charge >= 0.3 is 0 Å². The lowest BCUT2D eigenvalue weighted by Gasteiger charge is -2.28. The van der Waals surface area contributed by atoms with E-state index in [4.69, 9.17) is 0 Å². The molecule has 0 aliphatic heterocycles. The van der Waals surface area contributed by atoms with E-state index >= 15 is 0 Å². The van der Waals surface area contributed by atoms with E-state index in [1.165, 1.54) is 87.5 Å². The molecule has 2 aromatic heterocycles. The molecule has 0 radical (unpaired) electrons. The Morgan fingerprint density at radius 3 is 1.42 bits per heavy atom. The van der Waals surface area contributed by atoms with E-state index in [0.717, 1.165) is 17.1 Å². The molecule has 0 unspecified atom stereocenters. The van der Waals surface area contributed by atoms with Crippen LogP contribution in [-0.4, -0.2) is 4.40 Å². The fourth-order valence-electron chi connectivity index (χ4n) is 8.74. The third-order valence-electron chi connectivity index (χ3n) is 11.8. The number of anilines is 3. The molecule has 0 fully saturated rings. The Labute approximate surface area is 323 Å². The smallest absolute Gasteiger partial charge is 0.0620 e. The summed E-state index contributed by atoms with van der Waals surface area (Å²) in [4.78, 5) is 2.41. The van der Waals surface area contributed by atoms with Crippen molar-refractivity contribution in [2.45, 2.75) is 59.3 Å². The standard InChI is InChI=1S/C53H46N2/c1-33-13-14-35-27-45-47-29-39(34-11-9-8-10-12-34)30-48-46-28-36-15-20-44(26-38(36)32-50(46)55(51(47)48)49(45)31-37(35)25-33)54(42-21-16-40(17-22-42)52(2,3)4)43-23-18-41(19-24-43)53(5,6)7/h8-32H,1-7H3. The van der Waals surface area contributed by atoms with Crippen LogP contribution in [-0.2, 0) is 10.8 Å². The van der Waals surface area contributed by atoms with Crippen molar-refractivity contribution in [1.82, 2.24) is 4.40 Å². The van der Waals surface area contributed by atoms with Gasteiger partial charge in [-0.15, -0.1) is 0 Å². The van der Waals surface area contributed by atoms with Gasteiger partial charge in [0.25, 0.3) is 0 Å². The van der Waals surface area contributed by atoms with Gasteiger partial charge in [-0.25, -0.2) is 0 Å². The Balaban J connectivity index is 1.22. The lowest BCUT2D eigenvalue weighted by Crippen LogP contribution is -2.14. The minimum absolute atomic E-state index is 0.0830. The predicted octanol–water partition coefficient (Wildman–Crippen LogP) is 15.2. The molecule has 2 heteroatoms. The molecule has 55 heavy (non-hydrogen) atoms. The maximum atomic E-state index is 2.53. The molecule has 0 saturated carbocycles. The molecule has 0 amide bonds. The van der Waals surface area contributed by atoms with Crippen LogP contribution in [0.2, 0.25) is 0 Å². The summed E-state index contributed by atoms with van der Waals surface area (Å²) in [6, 6.07) is 57.3. The van der Waals surface area contributed by atoms with Crippen LogP contribution in [0, 0.1) is 6.92 Å². The summed E-state index contributed by atoms with van der Waals surface area (Å²) in [5.41, 5.74) is 13.8. The zero-order chi connectivity index (χ0) is 37.8. The van der Waals surface area contributed by atoms with Gasteiger partial charge in [0, 0.05) is 38.6 Å². The number of aromatic nitrogens is 1. The van der Waals surface area contributed by atoms with Crippen LogP contribution in [0.1, 0.15) is 58.2 Å². The average molecular weight is 711 g/mol. The Bertz CT molecular complexity index is 3020. The molecule has 0 spiro atoms. The van der Waals surface area contributed by atoms with Gasteiger partial charge in [0.1, 0.15) is 0 Å². The van der Waals surface area contributed by atoms with Crippen molar-refractivity contribution in [3.8, 4) is 11.1 Å². The van der Waals surface area contributed by atoms with Gasteiger partial charge < -0.3 is 9.30 Å². The molecule has 2 heterocycles. The van der Waals surface area contributed by atoms with Crippen LogP contribution in [0.3, 0.4) is 0 Å². The number of nitrogens with zero attached hydrogens (tertiary/aromatic N) is 2. The number of rotatable bonds is 4. The topological polar surface area (TPSA) is 7.65 Å². The highest BCUT2D eigenvalue weighted by atomic mass is 15.1. The van der Waals surface area contributed by atoms with Gasteiger partial charge in [0.05, 0.1) is 16.6 Å². The summed E-state index contributed by atoms with van der Waals surface area (Å²) in [5.74, 6) is 0. The van der Waals surface area contributed by atoms with Crippen molar-refractivity contribution in [1.29, 1.82) is 0 Å². The number of fused-ring (bicyclic) bond motifs is 8. The van der Waals surface area contributed by atoms with Crippen LogP contribution < -0.4 is 4.90 Å². The second-order valence-electron chi connectivity index (χ2n) is 17.7. The average Bonchev–Trinajstić information content (AvgIpc) is 3.66. The van der Waals surface area contributed by atoms with E-state index in [9.17, 15) is 0 Å². The van der Waals surface area contributed by atoms with Crippen molar-refractivity contribution in [2.24, 2.45) is 0 Å². The third-order valence-corrected chi connectivity index (χ3v) is 11.8. The van der Waals surface area contributed by atoms with Gasteiger partial charge in [-0.2, -0.15) is 0 Å². The van der Waals surface area contributed by atoms with E-state index in [2.05, 4.69) is 209 Å². The molecule has 0 N–H and O–H groups in total. The van der Waals surface area contributed by atoms with Gasteiger partial charge in [-0.05, 0) is 134 Å². The Morgan fingerprint density at radius 2 is 0.891 bits per heavy atom. The highest BCUT2D eigenvalue weighted by molar-refractivity contribution is 6.27. The van der Waals surface area contributed by atoms with Crippen LogP contribution >= 0.6 is 0 Å². The van der Waals surface area contributed by atoms with Crippen LogP contribution in [0.15, 0.2) is 152 Å². The molecule has 10 rings (SSSR count). The first-order valence-corrected chi connectivity index (χ1v) is 19.6. The zero-order valence-corrected chi connectivity index (χ0v) is 32.8. The van der Waals surface area contributed by atoms with Crippen molar-refractivity contribution in [2.75, 3.05) is 4.90 Å². The quantitative estimate of drug-likeness (QED) is 0.176. The largest absolute Gasteiger partial charge is 0.310 e. The van der Waals surface area contributed by atoms with Crippen LogP contribution in [0.5, 0.6) is 0 Å². The zero-order valence-electron chi connectivity index (χ0n) is 32.8. The summed E-state index contributed by atoms with van der Waals surface area (Å²) in [6.45, 7) is 15.8. The van der Waals surface area contributed by atoms with E-state index in [-0.39, 0.29) is 10.8 Å². The molecular weight excluding hydrogens is 665 g/mol. The van der Waals surface area contributed by atoms with E-state index in [1.54, 1.807) is 0 Å². The Kier molecular flexibility index (Phi) is 7.26. The van der Waals surface area contributed by atoms with Gasteiger partial charge in [-0.3, -0.25) is 0 Å². The third kappa shape index (κ3) is 5.46. The molecular formula is C53H46N2. The number of hydrogen-bond donors (Lipinski definition) is 0. The van der Waals surface area contributed by atoms with E-state index < -0.39 is 0 Å². The van der Waals surface area contributed by atoms with Gasteiger partial charge in [0.2, 0.25) is 0 Å². The predicted molar refractivity (Wildman–Crippen MR) is 238 cm³/mol. The highest BCUT2D eigenvalue weighted by Gasteiger charge is 2.22.